The number of hydrogen-bond acceptors (Lipinski definition) is 2. The van der Waals surface area contributed by atoms with E-state index in [0.717, 1.165) is 6.54 Å². The first-order chi connectivity index (χ1) is 4.47. The molecule has 0 atom stereocenters. The van der Waals surface area contributed by atoms with Crippen molar-refractivity contribution in [3.05, 3.63) is 30.5 Å². The Bertz CT molecular complexity index is 191. The van der Waals surface area contributed by atoms with Crippen molar-refractivity contribution in [1.29, 1.82) is 0 Å². The largest absolute Gasteiger partial charge is 0.325 e. The van der Waals surface area contributed by atoms with E-state index in [1.54, 1.807) is 0 Å². The van der Waals surface area contributed by atoms with Gasteiger partial charge in [0.15, 0.2) is 0 Å². The van der Waals surface area contributed by atoms with Gasteiger partial charge < -0.3 is 4.90 Å². The molecule has 0 saturated heterocycles. The number of rotatable bonds is 0. The Balaban J connectivity index is 2.25. The van der Waals surface area contributed by atoms with Crippen LogP contribution in [-0.4, -0.2) is 17.8 Å². The number of aliphatic imine (C=N–C) groups is 1. The van der Waals surface area contributed by atoms with Gasteiger partial charge in [0, 0.05) is 6.20 Å². The van der Waals surface area contributed by atoms with Gasteiger partial charge in [-0.3, -0.25) is 4.99 Å². The summed E-state index contributed by atoms with van der Waals surface area (Å²) in [7, 11) is 0. The van der Waals surface area contributed by atoms with Crippen LogP contribution in [-0.2, 0) is 0 Å². The van der Waals surface area contributed by atoms with Crippen LogP contribution < -0.4 is 0 Å². The van der Waals surface area contributed by atoms with E-state index in [1.807, 2.05) is 29.6 Å². The summed E-state index contributed by atoms with van der Waals surface area (Å²) in [6.45, 7) is 0.834. The van der Waals surface area contributed by atoms with E-state index >= 15 is 0 Å². The lowest BCUT2D eigenvalue weighted by Gasteiger charge is -2.16. The summed E-state index contributed by atoms with van der Waals surface area (Å²) in [5.74, 6) is 0. The molecular formula is C7H7N2. The normalized spacial score (nSPS) is 23.3. The summed E-state index contributed by atoms with van der Waals surface area (Å²) in [5, 5.41) is 0. The van der Waals surface area contributed by atoms with E-state index in [-0.39, 0.29) is 0 Å². The molecule has 2 aliphatic heterocycles. The average molecular weight is 119 g/mol. The summed E-state index contributed by atoms with van der Waals surface area (Å²) in [5.41, 5.74) is 0. The Morgan fingerprint density at radius 2 is 2.44 bits per heavy atom. The van der Waals surface area contributed by atoms with Crippen LogP contribution in [0.1, 0.15) is 0 Å². The van der Waals surface area contributed by atoms with Gasteiger partial charge >= 0.3 is 0 Å². The predicted molar refractivity (Wildman–Crippen MR) is 36.7 cm³/mol. The van der Waals surface area contributed by atoms with Crippen LogP contribution >= 0.6 is 0 Å². The second-order valence-corrected chi connectivity index (χ2v) is 2.06. The van der Waals surface area contributed by atoms with Crippen molar-refractivity contribution in [1.82, 2.24) is 4.90 Å². The highest BCUT2D eigenvalue weighted by Gasteiger charge is 2.16. The molecule has 0 saturated carbocycles. The summed E-state index contributed by atoms with van der Waals surface area (Å²) >= 11 is 0. The Hall–Kier alpha value is -1.05. The quantitative estimate of drug-likeness (QED) is 0.463. The molecule has 0 N–H and O–H groups in total. The molecule has 0 aromatic rings. The smallest absolute Gasteiger partial charge is 0.112 e. The van der Waals surface area contributed by atoms with Crippen LogP contribution in [0.2, 0.25) is 0 Å². The predicted octanol–water partition coefficient (Wildman–Crippen LogP) is 0.946. The molecule has 9 heavy (non-hydrogen) atoms. The van der Waals surface area contributed by atoms with Crippen LogP contribution in [0.5, 0.6) is 0 Å². The third kappa shape index (κ3) is 0.669. The third-order valence-corrected chi connectivity index (χ3v) is 1.44. The Kier molecular flexibility index (Phi) is 0.918. The molecule has 0 aromatic heterocycles. The van der Waals surface area contributed by atoms with Crippen LogP contribution in [0.15, 0.2) is 29.4 Å². The molecule has 0 aromatic carbocycles. The first-order valence-electron chi connectivity index (χ1n) is 2.96. The molecule has 0 amide bonds. The topological polar surface area (TPSA) is 15.6 Å². The summed E-state index contributed by atoms with van der Waals surface area (Å²) in [6.07, 6.45) is 9.95. The van der Waals surface area contributed by atoms with Gasteiger partial charge in [-0.2, -0.15) is 0 Å². The van der Waals surface area contributed by atoms with Gasteiger partial charge in [0.1, 0.15) is 6.04 Å². The van der Waals surface area contributed by atoms with Crippen LogP contribution in [0, 0.1) is 6.04 Å². The maximum Gasteiger partial charge on any atom is 0.112 e. The number of fused-ring (bicyclic) bond motifs is 1. The second kappa shape index (κ2) is 1.72. The van der Waals surface area contributed by atoms with Crippen LogP contribution in [0.25, 0.3) is 0 Å². The highest BCUT2D eigenvalue weighted by molar-refractivity contribution is 5.64. The molecule has 45 valence electrons. The van der Waals surface area contributed by atoms with E-state index < -0.39 is 0 Å². The molecule has 0 fully saturated rings. The minimum absolute atomic E-state index is 0.834. The summed E-state index contributed by atoms with van der Waals surface area (Å²) in [4.78, 5) is 6.12. The standard InChI is InChI=1S/C7H7N2/c1-2-4-9-6-8-5-7(9)3-1/h1-4,6H,5H2. The molecule has 0 unspecified atom stereocenters. The van der Waals surface area contributed by atoms with E-state index in [9.17, 15) is 0 Å². The molecular weight excluding hydrogens is 112 g/mol. The molecule has 2 nitrogen and oxygen atoms in total. The zero-order valence-electron chi connectivity index (χ0n) is 4.99. The van der Waals surface area contributed by atoms with Gasteiger partial charge in [0.05, 0.1) is 12.9 Å². The monoisotopic (exact) mass is 119 g/mol. The summed E-state index contributed by atoms with van der Waals surface area (Å²) in [6, 6.07) is 1.26. The first-order valence-corrected chi connectivity index (χ1v) is 2.96. The molecule has 2 aliphatic rings. The number of nitrogens with zero attached hydrogens (tertiary/aromatic N) is 2. The lowest BCUT2D eigenvalue weighted by Crippen LogP contribution is -2.17. The fourth-order valence-electron chi connectivity index (χ4n) is 0.960. The zero-order chi connectivity index (χ0) is 6.10. The van der Waals surface area contributed by atoms with E-state index in [2.05, 4.69) is 11.1 Å². The van der Waals surface area contributed by atoms with Gasteiger partial charge in [-0.15, -0.1) is 0 Å². The van der Waals surface area contributed by atoms with Crippen molar-refractivity contribution in [3.8, 4) is 0 Å². The first kappa shape index (κ1) is 4.79. The average Bonchev–Trinajstić information content (AvgIpc) is 2.33. The highest BCUT2D eigenvalue weighted by Crippen LogP contribution is 2.17. The van der Waals surface area contributed by atoms with E-state index in [0.29, 0.717) is 0 Å². The van der Waals surface area contributed by atoms with E-state index in [1.165, 1.54) is 6.04 Å². The third-order valence-electron chi connectivity index (χ3n) is 1.44. The lowest BCUT2D eigenvalue weighted by atomic mass is 10.2. The van der Waals surface area contributed by atoms with Crippen molar-refractivity contribution >= 4 is 6.34 Å². The zero-order valence-corrected chi connectivity index (χ0v) is 4.99. The fraction of sp³-hybridized carbons (Fsp3) is 0.143. The Labute approximate surface area is 54.2 Å². The van der Waals surface area contributed by atoms with Gasteiger partial charge in [-0.1, -0.05) is 12.2 Å². The van der Waals surface area contributed by atoms with Gasteiger partial charge in [0.2, 0.25) is 0 Å². The van der Waals surface area contributed by atoms with Crippen LogP contribution in [0.3, 0.4) is 0 Å². The molecule has 0 bridgehead atoms. The molecule has 1 radical (unpaired) electrons. The van der Waals surface area contributed by atoms with Crippen LogP contribution in [0.4, 0.5) is 0 Å². The molecule has 2 rings (SSSR count). The van der Waals surface area contributed by atoms with Gasteiger partial charge in [0.25, 0.3) is 0 Å². The maximum atomic E-state index is 4.09. The minimum atomic E-state index is 0.834. The van der Waals surface area contributed by atoms with Crippen molar-refractivity contribution in [3.63, 3.8) is 0 Å². The highest BCUT2D eigenvalue weighted by atomic mass is 15.2. The van der Waals surface area contributed by atoms with Crippen molar-refractivity contribution in [2.45, 2.75) is 0 Å². The second-order valence-electron chi connectivity index (χ2n) is 2.06. The Morgan fingerprint density at radius 3 is 3.33 bits per heavy atom. The van der Waals surface area contributed by atoms with Gasteiger partial charge in [-0.25, -0.2) is 0 Å². The molecule has 2 heteroatoms. The Morgan fingerprint density at radius 1 is 1.44 bits per heavy atom. The SMILES string of the molecule is C1=C[C]2CN=CN2C=C1. The molecule has 0 aliphatic carbocycles. The van der Waals surface area contributed by atoms with Crippen molar-refractivity contribution in [2.24, 2.45) is 4.99 Å². The van der Waals surface area contributed by atoms with Gasteiger partial charge in [-0.05, 0) is 6.08 Å². The number of allylic oxidation sites excluding steroid dienone is 2. The minimum Gasteiger partial charge on any atom is -0.325 e. The maximum absolute atomic E-state index is 4.09. The lowest BCUT2D eigenvalue weighted by molar-refractivity contribution is 0.643. The van der Waals surface area contributed by atoms with Crippen molar-refractivity contribution < 1.29 is 0 Å². The summed E-state index contributed by atoms with van der Waals surface area (Å²) < 4.78 is 0. The fourth-order valence-corrected chi connectivity index (χ4v) is 0.960. The molecule has 0 spiro atoms. The van der Waals surface area contributed by atoms with E-state index in [4.69, 9.17) is 0 Å². The number of hydrogen-bond donors (Lipinski definition) is 0. The van der Waals surface area contributed by atoms with Crippen molar-refractivity contribution in [2.75, 3.05) is 6.54 Å². The molecule has 2 heterocycles.